The average molecular weight is 495 g/mol. The molecular weight excluding hydrogens is 463 g/mol. The summed E-state index contributed by atoms with van der Waals surface area (Å²) in [7, 11) is 1.62. The van der Waals surface area contributed by atoms with Crippen LogP contribution >= 0.6 is 11.8 Å². The molecule has 0 fully saturated rings. The summed E-state index contributed by atoms with van der Waals surface area (Å²) in [5.41, 5.74) is 2.81. The van der Waals surface area contributed by atoms with Crippen LogP contribution in [0.5, 0.6) is 5.75 Å². The maximum absolute atomic E-state index is 13.5. The van der Waals surface area contributed by atoms with E-state index in [9.17, 15) is 14.0 Å². The van der Waals surface area contributed by atoms with Gasteiger partial charge in [-0.3, -0.25) is 9.59 Å². The fraction of sp³-hybridized carbons (Fsp3) is 0.286. The average Bonchev–Trinajstić information content (AvgIpc) is 2.88. The number of nitrogens with zero attached hydrogens (tertiary/aromatic N) is 1. The molecule has 0 unspecified atom stereocenters. The fourth-order valence-electron chi connectivity index (χ4n) is 3.69. The molecule has 0 saturated heterocycles. The predicted octanol–water partition coefficient (Wildman–Crippen LogP) is 4.84. The summed E-state index contributed by atoms with van der Waals surface area (Å²) in [6.07, 6.45) is 0.392. The molecular formula is C28H31FN2O3S. The Hall–Kier alpha value is -3.32. The quantitative estimate of drug-likeness (QED) is 0.391. The van der Waals surface area contributed by atoms with E-state index in [1.807, 2.05) is 61.5 Å². The van der Waals surface area contributed by atoms with Gasteiger partial charge in [-0.1, -0.05) is 54.6 Å². The van der Waals surface area contributed by atoms with Gasteiger partial charge in [-0.25, -0.2) is 4.39 Å². The minimum atomic E-state index is -0.684. The van der Waals surface area contributed by atoms with Crippen LogP contribution in [-0.2, 0) is 28.3 Å². The molecule has 0 radical (unpaired) electrons. The molecule has 1 atom stereocenters. The van der Waals surface area contributed by atoms with Gasteiger partial charge in [-0.2, -0.15) is 0 Å². The van der Waals surface area contributed by atoms with Crippen LogP contribution in [0.3, 0.4) is 0 Å². The smallest absolute Gasteiger partial charge is 0.243 e. The highest BCUT2D eigenvalue weighted by Crippen LogP contribution is 2.20. The molecule has 1 N–H and O–H groups in total. The van der Waals surface area contributed by atoms with Crippen LogP contribution in [0.1, 0.15) is 23.6 Å². The molecule has 0 aromatic heterocycles. The molecule has 7 heteroatoms. The number of halogens is 1. The first-order valence-corrected chi connectivity index (χ1v) is 12.7. The Kier molecular flexibility index (Phi) is 10.2. The molecule has 0 saturated carbocycles. The van der Waals surface area contributed by atoms with Crippen LogP contribution in [0.25, 0.3) is 0 Å². The van der Waals surface area contributed by atoms with Gasteiger partial charge in [0.1, 0.15) is 17.6 Å². The van der Waals surface area contributed by atoms with Gasteiger partial charge < -0.3 is 15.0 Å². The second-order valence-corrected chi connectivity index (χ2v) is 9.07. The third-order valence-corrected chi connectivity index (χ3v) is 6.53. The summed E-state index contributed by atoms with van der Waals surface area (Å²) in [5, 5.41) is 2.88. The van der Waals surface area contributed by atoms with Crippen molar-refractivity contribution in [2.75, 3.05) is 19.4 Å². The van der Waals surface area contributed by atoms with Crippen LogP contribution in [0.15, 0.2) is 78.9 Å². The SMILES string of the molecule is CCNC(=O)[C@H](Cc1ccccc1)N(Cc1ccc(F)cc1)C(=O)CSCc1ccc(OC)cc1. The van der Waals surface area contributed by atoms with E-state index in [1.54, 1.807) is 24.1 Å². The monoisotopic (exact) mass is 494 g/mol. The van der Waals surface area contributed by atoms with Crippen LogP contribution in [0, 0.1) is 5.82 Å². The Balaban J connectivity index is 1.79. The number of ether oxygens (including phenoxy) is 1. The molecule has 0 aliphatic heterocycles. The second-order valence-electron chi connectivity index (χ2n) is 8.09. The molecule has 0 spiro atoms. The first-order valence-electron chi connectivity index (χ1n) is 11.6. The Labute approximate surface area is 210 Å². The Morgan fingerprint density at radius 3 is 2.23 bits per heavy atom. The van der Waals surface area contributed by atoms with Gasteiger partial charge in [0.25, 0.3) is 0 Å². The summed E-state index contributed by atoms with van der Waals surface area (Å²) in [6, 6.07) is 22.7. The lowest BCUT2D eigenvalue weighted by Gasteiger charge is -2.31. The first-order chi connectivity index (χ1) is 17.0. The molecule has 184 valence electrons. The van der Waals surface area contributed by atoms with E-state index in [0.717, 1.165) is 22.4 Å². The zero-order valence-corrected chi connectivity index (χ0v) is 20.9. The van der Waals surface area contributed by atoms with Crippen molar-refractivity contribution >= 4 is 23.6 Å². The van der Waals surface area contributed by atoms with Gasteiger partial charge in [0.05, 0.1) is 12.9 Å². The molecule has 0 aliphatic rings. The van der Waals surface area contributed by atoms with E-state index in [0.29, 0.717) is 18.7 Å². The number of thioether (sulfide) groups is 1. The Bertz CT molecular complexity index is 1080. The normalized spacial score (nSPS) is 11.5. The number of nitrogens with one attached hydrogen (secondary N) is 1. The second kappa shape index (κ2) is 13.5. The summed E-state index contributed by atoms with van der Waals surface area (Å²) in [5.74, 6) is 0.979. The highest BCUT2D eigenvalue weighted by atomic mass is 32.2. The number of methoxy groups -OCH3 is 1. The van der Waals surface area contributed by atoms with Crippen molar-refractivity contribution < 1.29 is 18.7 Å². The number of likely N-dealkylation sites (N-methyl/N-ethyl adjacent to an activating group) is 1. The van der Waals surface area contributed by atoms with Crippen molar-refractivity contribution in [3.8, 4) is 5.75 Å². The van der Waals surface area contributed by atoms with Gasteiger partial charge in [-0.05, 0) is 47.9 Å². The van der Waals surface area contributed by atoms with E-state index < -0.39 is 6.04 Å². The van der Waals surface area contributed by atoms with Gasteiger partial charge >= 0.3 is 0 Å². The maximum atomic E-state index is 13.5. The minimum absolute atomic E-state index is 0.139. The number of carbonyl (C=O) groups is 2. The lowest BCUT2D eigenvalue weighted by atomic mass is 10.0. The van der Waals surface area contributed by atoms with Crippen LogP contribution < -0.4 is 10.1 Å². The molecule has 0 aliphatic carbocycles. The van der Waals surface area contributed by atoms with E-state index in [2.05, 4.69) is 5.32 Å². The summed E-state index contributed by atoms with van der Waals surface area (Å²) in [6.45, 7) is 2.54. The van der Waals surface area contributed by atoms with Gasteiger partial charge in [-0.15, -0.1) is 11.8 Å². The van der Waals surface area contributed by atoms with Crippen LogP contribution in [0.4, 0.5) is 4.39 Å². The number of rotatable bonds is 12. The lowest BCUT2D eigenvalue weighted by Crippen LogP contribution is -2.51. The van der Waals surface area contributed by atoms with E-state index in [-0.39, 0.29) is 29.9 Å². The molecule has 35 heavy (non-hydrogen) atoms. The van der Waals surface area contributed by atoms with Crippen molar-refractivity contribution in [3.05, 3.63) is 101 Å². The molecule has 0 bridgehead atoms. The number of benzene rings is 3. The maximum Gasteiger partial charge on any atom is 0.243 e. The standard InChI is InChI=1S/C28H31FN2O3S/c1-3-30-28(33)26(17-21-7-5-4-6-8-21)31(18-22-9-13-24(29)14-10-22)27(32)20-35-19-23-11-15-25(34-2)16-12-23/h4-16,26H,3,17-20H2,1-2H3,(H,30,33)/t26-/m0/s1. The van der Waals surface area contributed by atoms with Crippen molar-refractivity contribution in [1.82, 2.24) is 10.2 Å². The van der Waals surface area contributed by atoms with E-state index >= 15 is 0 Å². The lowest BCUT2D eigenvalue weighted by molar-refractivity contribution is -0.139. The van der Waals surface area contributed by atoms with Crippen molar-refractivity contribution in [2.45, 2.75) is 31.7 Å². The van der Waals surface area contributed by atoms with E-state index in [4.69, 9.17) is 4.74 Å². The van der Waals surface area contributed by atoms with Crippen molar-refractivity contribution in [3.63, 3.8) is 0 Å². The first kappa shape index (κ1) is 26.3. The number of hydrogen-bond acceptors (Lipinski definition) is 4. The summed E-state index contributed by atoms with van der Waals surface area (Å²) >= 11 is 1.49. The zero-order chi connectivity index (χ0) is 25.0. The molecule has 0 heterocycles. The number of amides is 2. The highest BCUT2D eigenvalue weighted by molar-refractivity contribution is 7.99. The summed E-state index contributed by atoms with van der Waals surface area (Å²) in [4.78, 5) is 28.2. The zero-order valence-electron chi connectivity index (χ0n) is 20.1. The van der Waals surface area contributed by atoms with Crippen molar-refractivity contribution in [1.29, 1.82) is 0 Å². The Morgan fingerprint density at radius 1 is 0.943 bits per heavy atom. The molecule has 3 rings (SSSR count). The minimum Gasteiger partial charge on any atom is -0.497 e. The topological polar surface area (TPSA) is 58.6 Å². The van der Waals surface area contributed by atoms with Crippen molar-refractivity contribution in [2.24, 2.45) is 0 Å². The summed E-state index contributed by atoms with van der Waals surface area (Å²) < 4.78 is 18.7. The Morgan fingerprint density at radius 2 is 1.60 bits per heavy atom. The van der Waals surface area contributed by atoms with Gasteiger partial charge in [0, 0.05) is 25.3 Å². The van der Waals surface area contributed by atoms with Crippen LogP contribution in [0.2, 0.25) is 0 Å². The fourth-order valence-corrected chi connectivity index (χ4v) is 4.56. The predicted molar refractivity (Wildman–Crippen MR) is 139 cm³/mol. The largest absolute Gasteiger partial charge is 0.497 e. The highest BCUT2D eigenvalue weighted by Gasteiger charge is 2.30. The van der Waals surface area contributed by atoms with Gasteiger partial charge in [0.2, 0.25) is 11.8 Å². The number of hydrogen-bond donors (Lipinski definition) is 1. The van der Waals surface area contributed by atoms with Crippen LogP contribution in [-0.4, -0.2) is 42.2 Å². The molecule has 3 aromatic carbocycles. The third-order valence-electron chi connectivity index (χ3n) is 5.54. The van der Waals surface area contributed by atoms with E-state index in [1.165, 1.54) is 23.9 Å². The van der Waals surface area contributed by atoms with Gasteiger partial charge in [0.15, 0.2) is 0 Å². The third kappa shape index (κ3) is 8.14. The molecule has 3 aromatic rings. The molecule has 2 amide bonds. The molecule has 5 nitrogen and oxygen atoms in total. The number of carbonyl (C=O) groups excluding carboxylic acids is 2.